The standard InChI is InChI=1S/C12H13NO2/c1-7-11(12(15)8(2)14)9-5-3-4-6-10(9)13-7/h3-6,8,13-14H,1-2H3. The molecule has 0 saturated heterocycles. The molecule has 2 aromatic rings. The average Bonchev–Trinajstić information content (AvgIpc) is 2.52. The van der Waals surface area contributed by atoms with E-state index >= 15 is 0 Å². The van der Waals surface area contributed by atoms with Gasteiger partial charge in [0.2, 0.25) is 0 Å². The fraction of sp³-hybridized carbons (Fsp3) is 0.250. The Labute approximate surface area is 87.7 Å². The van der Waals surface area contributed by atoms with Crippen LogP contribution in [0, 0.1) is 6.92 Å². The number of aromatic nitrogens is 1. The Balaban J connectivity index is 2.69. The second kappa shape index (κ2) is 3.51. The van der Waals surface area contributed by atoms with Crippen LogP contribution < -0.4 is 0 Å². The van der Waals surface area contributed by atoms with E-state index in [0.717, 1.165) is 16.6 Å². The Morgan fingerprint density at radius 1 is 1.40 bits per heavy atom. The predicted octanol–water partition coefficient (Wildman–Crippen LogP) is 2.04. The number of carbonyl (C=O) groups is 1. The highest BCUT2D eigenvalue weighted by atomic mass is 16.3. The van der Waals surface area contributed by atoms with Gasteiger partial charge in [-0.15, -0.1) is 0 Å². The molecule has 0 bridgehead atoms. The quantitative estimate of drug-likeness (QED) is 0.734. The number of ketones is 1. The van der Waals surface area contributed by atoms with Crippen LogP contribution in [0.4, 0.5) is 0 Å². The molecule has 15 heavy (non-hydrogen) atoms. The van der Waals surface area contributed by atoms with Gasteiger partial charge in [-0.25, -0.2) is 0 Å². The van der Waals surface area contributed by atoms with E-state index in [0.29, 0.717) is 5.56 Å². The third kappa shape index (κ3) is 1.55. The molecule has 3 nitrogen and oxygen atoms in total. The van der Waals surface area contributed by atoms with Crippen molar-refractivity contribution in [3.63, 3.8) is 0 Å². The number of aliphatic hydroxyl groups excluding tert-OH is 1. The van der Waals surface area contributed by atoms with E-state index in [1.807, 2.05) is 31.2 Å². The SMILES string of the molecule is Cc1[nH]c2ccccc2c1C(=O)C(C)O. The molecule has 2 rings (SSSR count). The van der Waals surface area contributed by atoms with Crippen LogP contribution in [0.3, 0.4) is 0 Å². The summed E-state index contributed by atoms with van der Waals surface area (Å²) in [6.07, 6.45) is -0.956. The Hall–Kier alpha value is -1.61. The number of hydrogen-bond donors (Lipinski definition) is 2. The maximum atomic E-state index is 11.8. The first kappa shape index (κ1) is 9.93. The van der Waals surface area contributed by atoms with E-state index in [1.54, 1.807) is 0 Å². The van der Waals surface area contributed by atoms with Crippen LogP contribution in [0.5, 0.6) is 0 Å². The number of fused-ring (bicyclic) bond motifs is 1. The van der Waals surface area contributed by atoms with Crippen molar-refractivity contribution in [1.29, 1.82) is 0 Å². The normalized spacial score (nSPS) is 13.0. The highest BCUT2D eigenvalue weighted by Gasteiger charge is 2.19. The van der Waals surface area contributed by atoms with Crippen molar-refractivity contribution < 1.29 is 9.90 Å². The summed E-state index contributed by atoms with van der Waals surface area (Å²) < 4.78 is 0. The van der Waals surface area contributed by atoms with Crippen molar-refractivity contribution in [2.24, 2.45) is 0 Å². The molecule has 2 N–H and O–H groups in total. The number of benzene rings is 1. The van der Waals surface area contributed by atoms with Crippen LogP contribution in [0.2, 0.25) is 0 Å². The largest absolute Gasteiger partial charge is 0.385 e. The topological polar surface area (TPSA) is 53.1 Å². The molecule has 1 aromatic carbocycles. The smallest absolute Gasteiger partial charge is 0.193 e. The average molecular weight is 203 g/mol. The predicted molar refractivity (Wildman–Crippen MR) is 59.0 cm³/mol. The Kier molecular flexibility index (Phi) is 2.32. The first-order chi connectivity index (χ1) is 7.11. The summed E-state index contributed by atoms with van der Waals surface area (Å²) in [5, 5.41) is 10.2. The molecule has 78 valence electrons. The molecule has 1 heterocycles. The van der Waals surface area contributed by atoms with Crippen LogP contribution in [0.1, 0.15) is 23.0 Å². The molecular weight excluding hydrogens is 190 g/mol. The lowest BCUT2D eigenvalue weighted by molar-refractivity contribution is 0.0780. The van der Waals surface area contributed by atoms with Crippen LogP contribution in [0.15, 0.2) is 24.3 Å². The molecule has 1 atom stereocenters. The zero-order valence-corrected chi connectivity index (χ0v) is 8.74. The fourth-order valence-electron chi connectivity index (χ4n) is 1.80. The van der Waals surface area contributed by atoms with Crippen molar-refractivity contribution in [3.8, 4) is 0 Å². The van der Waals surface area contributed by atoms with Gasteiger partial charge in [0.05, 0.1) is 0 Å². The molecule has 0 radical (unpaired) electrons. The van der Waals surface area contributed by atoms with Crippen molar-refractivity contribution in [1.82, 2.24) is 4.98 Å². The summed E-state index contributed by atoms with van der Waals surface area (Å²) in [6, 6.07) is 7.60. The van der Waals surface area contributed by atoms with Gasteiger partial charge >= 0.3 is 0 Å². The first-order valence-electron chi connectivity index (χ1n) is 4.91. The first-order valence-corrected chi connectivity index (χ1v) is 4.91. The van der Waals surface area contributed by atoms with Crippen molar-refractivity contribution in [2.75, 3.05) is 0 Å². The van der Waals surface area contributed by atoms with Gasteiger partial charge < -0.3 is 10.1 Å². The highest BCUT2D eigenvalue weighted by molar-refractivity contribution is 6.10. The van der Waals surface area contributed by atoms with E-state index in [-0.39, 0.29) is 5.78 Å². The summed E-state index contributed by atoms with van der Waals surface area (Å²) in [6.45, 7) is 3.33. The van der Waals surface area contributed by atoms with E-state index in [2.05, 4.69) is 4.98 Å². The number of aromatic amines is 1. The molecule has 0 aliphatic rings. The number of aliphatic hydroxyl groups is 1. The van der Waals surface area contributed by atoms with Crippen molar-refractivity contribution in [2.45, 2.75) is 20.0 Å². The monoisotopic (exact) mass is 203 g/mol. The maximum absolute atomic E-state index is 11.8. The lowest BCUT2D eigenvalue weighted by atomic mass is 10.0. The summed E-state index contributed by atoms with van der Waals surface area (Å²) in [5.41, 5.74) is 2.33. The fourth-order valence-corrected chi connectivity index (χ4v) is 1.80. The van der Waals surface area contributed by atoms with Crippen molar-refractivity contribution >= 4 is 16.7 Å². The summed E-state index contributed by atoms with van der Waals surface area (Å²) in [7, 11) is 0. The number of nitrogens with one attached hydrogen (secondary N) is 1. The molecule has 0 aliphatic heterocycles. The van der Waals surface area contributed by atoms with Gasteiger partial charge in [0.15, 0.2) is 5.78 Å². The van der Waals surface area contributed by atoms with E-state index in [9.17, 15) is 9.90 Å². The third-order valence-corrected chi connectivity index (χ3v) is 2.52. The molecule has 0 aliphatic carbocycles. The van der Waals surface area contributed by atoms with Gasteiger partial charge in [0.1, 0.15) is 6.10 Å². The van der Waals surface area contributed by atoms with Crippen molar-refractivity contribution in [3.05, 3.63) is 35.5 Å². The Morgan fingerprint density at radius 3 is 2.73 bits per heavy atom. The molecule has 0 spiro atoms. The van der Waals surface area contributed by atoms with Gasteiger partial charge in [-0.1, -0.05) is 18.2 Å². The van der Waals surface area contributed by atoms with Gasteiger partial charge in [-0.3, -0.25) is 4.79 Å². The Morgan fingerprint density at radius 2 is 2.07 bits per heavy atom. The van der Waals surface area contributed by atoms with E-state index in [4.69, 9.17) is 0 Å². The number of rotatable bonds is 2. The van der Waals surface area contributed by atoms with Crippen LogP contribution in [-0.4, -0.2) is 22.0 Å². The van der Waals surface area contributed by atoms with Crippen LogP contribution >= 0.6 is 0 Å². The minimum Gasteiger partial charge on any atom is -0.385 e. The van der Waals surface area contributed by atoms with Gasteiger partial charge in [0, 0.05) is 22.2 Å². The summed E-state index contributed by atoms with van der Waals surface area (Å²) in [4.78, 5) is 14.9. The molecule has 3 heteroatoms. The number of hydrogen-bond acceptors (Lipinski definition) is 2. The van der Waals surface area contributed by atoms with Gasteiger partial charge in [0.25, 0.3) is 0 Å². The molecule has 0 saturated carbocycles. The molecular formula is C12H13NO2. The number of carbonyl (C=O) groups excluding carboxylic acids is 1. The van der Waals surface area contributed by atoms with Crippen LogP contribution in [0.25, 0.3) is 10.9 Å². The minimum absolute atomic E-state index is 0.232. The highest BCUT2D eigenvalue weighted by Crippen LogP contribution is 2.22. The molecule has 0 fully saturated rings. The number of H-pyrrole nitrogens is 1. The number of para-hydroxylation sites is 1. The molecule has 0 amide bonds. The lowest BCUT2D eigenvalue weighted by Crippen LogP contribution is -2.16. The lowest BCUT2D eigenvalue weighted by Gasteiger charge is -2.02. The summed E-state index contributed by atoms with van der Waals surface area (Å²) >= 11 is 0. The second-order valence-electron chi connectivity index (χ2n) is 3.71. The zero-order chi connectivity index (χ0) is 11.0. The van der Waals surface area contributed by atoms with Crippen LogP contribution in [-0.2, 0) is 0 Å². The zero-order valence-electron chi connectivity index (χ0n) is 8.74. The summed E-state index contributed by atoms with van der Waals surface area (Å²) in [5.74, 6) is -0.232. The maximum Gasteiger partial charge on any atom is 0.193 e. The third-order valence-electron chi connectivity index (χ3n) is 2.52. The van der Waals surface area contributed by atoms with E-state index in [1.165, 1.54) is 6.92 Å². The molecule has 1 unspecified atom stereocenters. The number of aryl methyl sites for hydroxylation is 1. The molecule has 1 aromatic heterocycles. The van der Waals surface area contributed by atoms with Gasteiger partial charge in [-0.2, -0.15) is 0 Å². The second-order valence-corrected chi connectivity index (χ2v) is 3.71. The minimum atomic E-state index is -0.956. The van der Waals surface area contributed by atoms with E-state index < -0.39 is 6.10 Å². The Bertz CT molecular complexity index is 511. The number of Topliss-reactive ketones (excluding diaryl/α,β-unsaturated/α-hetero) is 1. The van der Waals surface area contributed by atoms with Gasteiger partial charge in [-0.05, 0) is 19.9 Å².